The maximum Gasteiger partial charge on any atom is 0.269 e. The van der Waals surface area contributed by atoms with Crippen LogP contribution in [0.25, 0.3) is 16.8 Å². The van der Waals surface area contributed by atoms with Crippen molar-refractivity contribution in [2.45, 2.75) is 13.3 Å². The number of nitrogen functional groups attached to an aromatic ring is 1. The molecule has 7 heteroatoms. The molecule has 25 heavy (non-hydrogen) atoms. The summed E-state index contributed by atoms with van der Waals surface area (Å²) in [6, 6.07) is 9.55. The van der Waals surface area contributed by atoms with Gasteiger partial charge in [-0.2, -0.15) is 0 Å². The van der Waals surface area contributed by atoms with E-state index < -0.39 is 5.91 Å². The number of hydrogen-bond acceptors (Lipinski definition) is 6. The summed E-state index contributed by atoms with van der Waals surface area (Å²) in [5, 5.41) is 22.4. The molecule has 0 aliphatic carbocycles. The second kappa shape index (κ2) is 7.48. The van der Waals surface area contributed by atoms with Crippen molar-refractivity contribution in [2.75, 3.05) is 12.3 Å². The number of nitrogens with two attached hydrogens (primary N) is 3. The number of phenols is 2. The van der Waals surface area contributed by atoms with Gasteiger partial charge >= 0.3 is 0 Å². The van der Waals surface area contributed by atoms with Crippen molar-refractivity contribution in [3.63, 3.8) is 0 Å². The SMILES string of the molecule is CCCNC(=O)/C(N)=C(\N)c1cccc(-c2cccc(O)c2O)c1N. The van der Waals surface area contributed by atoms with Crippen molar-refractivity contribution in [3.05, 3.63) is 47.7 Å². The number of hydrogen-bond donors (Lipinski definition) is 6. The number of carbonyl (C=O) groups is 1. The van der Waals surface area contributed by atoms with Crippen LogP contribution in [-0.2, 0) is 4.79 Å². The lowest BCUT2D eigenvalue weighted by molar-refractivity contribution is -0.117. The molecule has 0 bridgehead atoms. The van der Waals surface area contributed by atoms with Gasteiger partial charge < -0.3 is 32.7 Å². The van der Waals surface area contributed by atoms with Crippen LogP contribution in [-0.4, -0.2) is 22.7 Å². The third-order valence-electron chi connectivity index (χ3n) is 3.77. The van der Waals surface area contributed by atoms with Gasteiger partial charge in [0.1, 0.15) is 5.70 Å². The van der Waals surface area contributed by atoms with E-state index in [4.69, 9.17) is 17.2 Å². The molecular formula is C18H22N4O3. The first-order valence-corrected chi connectivity index (χ1v) is 7.82. The first-order chi connectivity index (χ1) is 11.9. The van der Waals surface area contributed by atoms with Gasteiger partial charge in [0.15, 0.2) is 11.5 Å². The van der Waals surface area contributed by atoms with Gasteiger partial charge in [-0.05, 0) is 12.5 Å². The van der Waals surface area contributed by atoms with Crippen LogP contribution in [0.4, 0.5) is 5.69 Å². The van der Waals surface area contributed by atoms with Gasteiger partial charge in [-0.25, -0.2) is 0 Å². The molecular weight excluding hydrogens is 320 g/mol. The highest BCUT2D eigenvalue weighted by Crippen LogP contribution is 2.40. The van der Waals surface area contributed by atoms with Crippen LogP contribution in [0.2, 0.25) is 0 Å². The zero-order valence-corrected chi connectivity index (χ0v) is 13.9. The molecule has 0 spiro atoms. The third-order valence-corrected chi connectivity index (χ3v) is 3.77. The van der Waals surface area contributed by atoms with E-state index in [1.54, 1.807) is 30.3 Å². The van der Waals surface area contributed by atoms with Gasteiger partial charge in [-0.15, -0.1) is 0 Å². The molecule has 132 valence electrons. The van der Waals surface area contributed by atoms with Crippen LogP contribution < -0.4 is 22.5 Å². The molecule has 0 aliphatic heterocycles. The summed E-state index contributed by atoms with van der Waals surface area (Å²) < 4.78 is 0. The molecule has 2 aromatic carbocycles. The maximum absolute atomic E-state index is 12.0. The number of rotatable bonds is 5. The number of nitrogens with one attached hydrogen (secondary N) is 1. The van der Waals surface area contributed by atoms with E-state index in [0.29, 0.717) is 23.2 Å². The Bertz CT molecular complexity index is 831. The number of phenolic OH excluding ortho intramolecular Hbond substituents is 2. The van der Waals surface area contributed by atoms with Crippen molar-refractivity contribution < 1.29 is 15.0 Å². The molecule has 0 unspecified atom stereocenters. The summed E-state index contributed by atoms with van der Waals surface area (Å²) in [4.78, 5) is 12.0. The van der Waals surface area contributed by atoms with E-state index in [-0.39, 0.29) is 28.6 Å². The summed E-state index contributed by atoms with van der Waals surface area (Å²) in [5.41, 5.74) is 19.4. The largest absolute Gasteiger partial charge is 0.504 e. The van der Waals surface area contributed by atoms with E-state index in [0.717, 1.165) is 6.42 Å². The molecule has 0 heterocycles. The Morgan fingerprint density at radius 3 is 2.40 bits per heavy atom. The van der Waals surface area contributed by atoms with E-state index in [1.807, 2.05) is 6.92 Å². The molecule has 2 rings (SSSR count). The standard InChI is InChI=1S/C18H22N4O3/c1-2-9-22-18(25)16(21)15(20)12-7-3-5-10(14(12)19)11-6-4-8-13(23)17(11)24/h3-8,23-24H,2,9,19-21H2,1H3,(H,22,25)/b16-15+. The van der Waals surface area contributed by atoms with Crippen LogP contribution in [0, 0.1) is 0 Å². The zero-order chi connectivity index (χ0) is 18.6. The highest BCUT2D eigenvalue weighted by Gasteiger charge is 2.17. The summed E-state index contributed by atoms with van der Waals surface area (Å²) in [6.07, 6.45) is 0.771. The number of benzene rings is 2. The van der Waals surface area contributed by atoms with Crippen LogP contribution in [0.1, 0.15) is 18.9 Å². The molecule has 0 atom stereocenters. The monoisotopic (exact) mass is 342 g/mol. The fourth-order valence-corrected chi connectivity index (χ4v) is 2.38. The average Bonchev–Trinajstić information content (AvgIpc) is 2.61. The summed E-state index contributed by atoms with van der Waals surface area (Å²) in [7, 11) is 0. The number of aromatic hydroxyl groups is 2. The quantitative estimate of drug-likeness (QED) is 0.275. The van der Waals surface area contributed by atoms with E-state index in [9.17, 15) is 15.0 Å². The molecule has 7 nitrogen and oxygen atoms in total. The Balaban J connectivity index is 2.51. The van der Waals surface area contributed by atoms with Crippen LogP contribution in [0.3, 0.4) is 0 Å². The first-order valence-electron chi connectivity index (χ1n) is 7.82. The van der Waals surface area contributed by atoms with Crippen molar-refractivity contribution in [1.29, 1.82) is 0 Å². The summed E-state index contributed by atoms with van der Waals surface area (Å²) >= 11 is 0. The first kappa shape index (κ1) is 18.0. The fourth-order valence-electron chi connectivity index (χ4n) is 2.38. The van der Waals surface area contributed by atoms with Crippen LogP contribution >= 0.6 is 0 Å². The van der Waals surface area contributed by atoms with Crippen LogP contribution in [0.5, 0.6) is 11.5 Å². The molecule has 0 saturated heterocycles. The average molecular weight is 342 g/mol. The van der Waals surface area contributed by atoms with Gasteiger partial charge in [0.2, 0.25) is 0 Å². The normalized spacial score (nSPS) is 11.7. The predicted molar refractivity (Wildman–Crippen MR) is 98.2 cm³/mol. The Morgan fingerprint density at radius 1 is 1.08 bits per heavy atom. The smallest absolute Gasteiger partial charge is 0.269 e. The third kappa shape index (κ3) is 3.60. The predicted octanol–water partition coefficient (Wildman–Crippen LogP) is 1.46. The minimum atomic E-state index is -0.468. The number of anilines is 1. The highest BCUT2D eigenvalue weighted by atomic mass is 16.3. The Labute approximate surface area is 145 Å². The molecule has 0 radical (unpaired) electrons. The van der Waals surface area contributed by atoms with Crippen molar-refractivity contribution in [1.82, 2.24) is 5.32 Å². The number of para-hydroxylation sites is 2. The lowest BCUT2D eigenvalue weighted by Crippen LogP contribution is -2.31. The second-order valence-electron chi connectivity index (χ2n) is 5.52. The van der Waals surface area contributed by atoms with E-state index in [1.165, 1.54) is 6.07 Å². The summed E-state index contributed by atoms with van der Waals surface area (Å²) in [6.45, 7) is 2.41. The Kier molecular flexibility index (Phi) is 5.38. The van der Waals surface area contributed by atoms with Crippen molar-refractivity contribution in [3.8, 4) is 22.6 Å². The molecule has 1 amide bonds. The molecule has 0 fully saturated rings. The number of amides is 1. The topological polar surface area (TPSA) is 148 Å². The van der Waals surface area contributed by atoms with E-state index >= 15 is 0 Å². The minimum absolute atomic E-state index is 0.0487. The Hall–Kier alpha value is -3.35. The summed E-state index contributed by atoms with van der Waals surface area (Å²) in [5.74, 6) is -1.02. The molecule has 2 aromatic rings. The zero-order valence-electron chi connectivity index (χ0n) is 13.9. The molecule has 0 aromatic heterocycles. The van der Waals surface area contributed by atoms with Gasteiger partial charge in [0.25, 0.3) is 5.91 Å². The molecule has 0 saturated carbocycles. The lowest BCUT2D eigenvalue weighted by atomic mass is 9.97. The van der Waals surface area contributed by atoms with Crippen molar-refractivity contribution in [2.24, 2.45) is 11.5 Å². The fraction of sp³-hybridized carbons (Fsp3) is 0.167. The van der Waals surface area contributed by atoms with Gasteiger partial charge in [0, 0.05) is 28.9 Å². The van der Waals surface area contributed by atoms with Crippen LogP contribution in [0.15, 0.2) is 42.1 Å². The minimum Gasteiger partial charge on any atom is -0.504 e. The van der Waals surface area contributed by atoms with Gasteiger partial charge in [-0.3, -0.25) is 4.79 Å². The maximum atomic E-state index is 12.0. The van der Waals surface area contributed by atoms with Gasteiger partial charge in [0.05, 0.1) is 5.70 Å². The Morgan fingerprint density at radius 2 is 1.72 bits per heavy atom. The highest BCUT2D eigenvalue weighted by molar-refractivity contribution is 6.01. The molecule has 0 aliphatic rings. The second-order valence-corrected chi connectivity index (χ2v) is 5.52. The number of carbonyl (C=O) groups excluding carboxylic acids is 1. The van der Waals surface area contributed by atoms with E-state index in [2.05, 4.69) is 5.32 Å². The lowest BCUT2D eigenvalue weighted by Gasteiger charge is -2.14. The van der Waals surface area contributed by atoms with Gasteiger partial charge in [-0.1, -0.05) is 37.3 Å². The molecule has 9 N–H and O–H groups in total. The van der Waals surface area contributed by atoms with Crippen molar-refractivity contribution >= 4 is 17.3 Å².